The standard InChI is InChI=1S/C42H26S/c1-2-10-28(11-3-1)38-26-39(35-18-7-6-17-34(35)33-19-9-13-27-12-4-5-16-32(27)33)43-42(38)37-25-23-31-21-20-29-14-8-15-30-22-24-36(37)41(31)40(29)30/h1-26H. The van der Waals surface area contributed by atoms with E-state index in [1.54, 1.807) is 0 Å². The van der Waals surface area contributed by atoms with Crippen LogP contribution in [0.4, 0.5) is 0 Å². The Bertz CT molecular complexity index is 2420. The molecule has 0 atom stereocenters. The van der Waals surface area contributed by atoms with Gasteiger partial charge in [0.15, 0.2) is 0 Å². The van der Waals surface area contributed by atoms with E-state index < -0.39 is 0 Å². The number of thiophene rings is 1. The van der Waals surface area contributed by atoms with Gasteiger partial charge >= 0.3 is 0 Å². The molecule has 43 heavy (non-hydrogen) atoms. The summed E-state index contributed by atoms with van der Waals surface area (Å²) in [4.78, 5) is 2.59. The van der Waals surface area contributed by atoms with Gasteiger partial charge in [-0.15, -0.1) is 11.3 Å². The van der Waals surface area contributed by atoms with Crippen LogP contribution in [0.5, 0.6) is 0 Å². The molecule has 1 aromatic heterocycles. The lowest BCUT2D eigenvalue weighted by Gasteiger charge is -2.14. The Morgan fingerprint density at radius 1 is 0.326 bits per heavy atom. The molecule has 0 spiro atoms. The number of rotatable bonds is 4. The molecule has 0 nitrogen and oxygen atoms in total. The first-order valence-electron chi connectivity index (χ1n) is 14.8. The van der Waals surface area contributed by atoms with Gasteiger partial charge in [0, 0.05) is 20.9 Å². The van der Waals surface area contributed by atoms with E-state index in [1.165, 1.54) is 86.2 Å². The van der Waals surface area contributed by atoms with Crippen LogP contribution in [0.1, 0.15) is 0 Å². The predicted molar refractivity (Wildman–Crippen MR) is 187 cm³/mol. The largest absolute Gasteiger partial charge is 0.135 e. The molecule has 0 aliphatic rings. The zero-order valence-electron chi connectivity index (χ0n) is 23.4. The maximum atomic E-state index is 2.41. The lowest BCUT2D eigenvalue weighted by Crippen LogP contribution is -1.87. The van der Waals surface area contributed by atoms with E-state index in [9.17, 15) is 0 Å². The van der Waals surface area contributed by atoms with Crippen LogP contribution >= 0.6 is 11.3 Å². The first-order valence-corrected chi connectivity index (χ1v) is 15.6. The fraction of sp³-hybridized carbons (Fsp3) is 0. The summed E-state index contributed by atoms with van der Waals surface area (Å²) in [5.74, 6) is 0. The molecule has 200 valence electrons. The topological polar surface area (TPSA) is 0 Å². The van der Waals surface area contributed by atoms with Crippen molar-refractivity contribution in [2.45, 2.75) is 0 Å². The van der Waals surface area contributed by atoms with Gasteiger partial charge in [-0.25, -0.2) is 0 Å². The van der Waals surface area contributed by atoms with Crippen molar-refractivity contribution in [1.82, 2.24) is 0 Å². The summed E-state index contributed by atoms with van der Waals surface area (Å²) < 4.78 is 0. The molecule has 0 aliphatic heterocycles. The minimum atomic E-state index is 1.24. The Morgan fingerprint density at radius 2 is 0.930 bits per heavy atom. The highest BCUT2D eigenvalue weighted by Crippen LogP contribution is 2.49. The van der Waals surface area contributed by atoms with E-state index in [0.29, 0.717) is 0 Å². The van der Waals surface area contributed by atoms with Crippen molar-refractivity contribution in [3.8, 4) is 43.1 Å². The summed E-state index contributed by atoms with van der Waals surface area (Å²) >= 11 is 1.91. The summed E-state index contributed by atoms with van der Waals surface area (Å²) in [7, 11) is 0. The Labute approximate surface area is 254 Å². The van der Waals surface area contributed by atoms with E-state index >= 15 is 0 Å². The van der Waals surface area contributed by atoms with Crippen molar-refractivity contribution in [3.05, 3.63) is 158 Å². The third-order valence-corrected chi connectivity index (χ3v) is 10.1. The Morgan fingerprint density at radius 3 is 1.79 bits per heavy atom. The predicted octanol–water partition coefficient (Wildman–Crippen LogP) is 12.5. The lowest BCUT2D eigenvalue weighted by molar-refractivity contribution is 1.64. The Balaban J connectivity index is 1.32. The molecule has 9 aromatic rings. The number of hydrogen-bond acceptors (Lipinski definition) is 1. The SMILES string of the molecule is c1ccc(-c2cc(-c3ccccc3-c3cccc4ccccc34)sc2-c2ccc3ccc4cccc5ccc2c3c45)cc1. The van der Waals surface area contributed by atoms with E-state index in [2.05, 4.69) is 158 Å². The van der Waals surface area contributed by atoms with Crippen LogP contribution in [0.2, 0.25) is 0 Å². The van der Waals surface area contributed by atoms with E-state index in [-0.39, 0.29) is 0 Å². The lowest BCUT2D eigenvalue weighted by atomic mass is 9.90. The van der Waals surface area contributed by atoms with Crippen molar-refractivity contribution in [3.63, 3.8) is 0 Å². The fourth-order valence-corrected chi connectivity index (χ4v) is 8.14. The van der Waals surface area contributed by atoms with Crippen LogP contribution < -0.4 is 0 Å². The Hall–Kier alpha value is -5.24. The van der Waals surface area contributed by atoms with Gasteiger partial charge in [0.05, 0.1) is 0 Å². The average molecular weight is 563 g/mol. The highest BCUT2D eigenvalue weighted by Gasteiger charge is 2.20. The third-order valence-electron chi connectivity index (χ3n) is 8.86. The minimum Gasteiger partial charge on any atom is -0.135 e. The summed E-state index contributed by atoms with van der Waals surface area (Å²) in [6.45, 7) is 0. The van der Waals surface area contributed by atoms with Crippen molar-refractivity contribution in [1.29, 1.82) is 0 Å². The van der Waals surface area contributed by atoms with Crippen molar-refractivity contribution in [2.24, 2.45) is 0 Å². The third kappa shape index (κ3) is 3.82. The molecule has 0 radical (unpaired) electrons. The van der Waals surface area contributed by atoms with E-state index in [0.717, 1.165) is 0 Å². The summed E-state index contributed by atoms with van der Waals surface area (Å²) in [6, 6.07) is 57.9. The number of hydrogen-bond donors (Lipinski definition) is 0. The normalized spacial score (nSPS) is 11.7. The average Bonchev–Trinajstić information content (AvgIpc) is 3.52. The van der Waals surface area contributed by atoms with Crippen LogP contribution in [-0.4, -0.2) is 0 Å². The molecule has 1 heterocycles. The van der Waals surface area contributed by atoms with Crippen LogP contribution in [0.25, 0.3) is 86.2 Å². The molecular formula is C42H26S. The van der Waals surface area contributed by atoms with Crippen LogP contribution in [0, 0.1) is 0 Å². The quantitative estimate of drug-likeness (QED) is 0.187. The second-order valence-electron chi connectivity index (χ2n) is 11.3. The Kier molecular flexibility index (Phi) is 5.47. The molecule has 0 fully saturated rings. The smallest absolute Gasteiger partial charge is 0.0434 e. The van der Waals surface area contributed by atoms with Gasteiger partial charge in [-0.05, 0) is 71.4 Å². The molecule has 9 rings (SSSR count). The van der Waals surface area contributed by atoms with Gasteiger partial charge in [-0.1, -0.05) is 152 Å². The molecule has 0 unspecified atom stereocenters. The zero-order valence-corrected chi connectivity index (χ0v) is 24.2. The highest BCUT2D eigenvalue weighted by molar-refractivity contribution is 7.19. The second kappa shape index (κ2) is 9.66. The maximum absolute atomic E-state index is 2.41. The van der Waals surface area contributed by atoms with Gasteiger partial charge in [-0.3, -0.25) is 0 Å². The summed E-state index contributed by atoms with van der Waals surface area (Å²) in [5.41, 5.74) is 7.62. The zero-order chi connectivity index (χ0) is 28.3. The van der Waals surface area contributed by atoms with Crippen molar-refractivity contribution in [2.75, 3.05) is 0 Å². The summed E-state index contributed by atoms with van der Waals surface area (Å²) in [5, 5.41) is 10.5. The second-order valence-corrected chi connectivity index (χ2v) is 12.3. The molecule has 8 aromatic carbocycles. The monoisotopic (exact) mass is 562 g/mol. The van der Waals surface area contributed by atoms with Crippen LogP contribution in [-0.2, 0) is 0 Å². The molecule has 0 bridgehead atoms. The van der Waals surface area contributed by atoms with Crippen LogP contribution in [0.3, 0.4) is 0 Å². The maximum Gasteiger partial charge on any atom is 0.0434 e. The molecule has 0 saturated heterocycles. The number of fused-ring (bicyclic) bond motifs is 1. The van der Waals surface area contributed by atoms with Gasteiger partial charge in [0.25, 0.3) is 0 Å². The molecule has 0 N–H and O–H groups in total. The molecule has 0 amide bonds. The molecule has 0 aliphatic carbocycles. The van der Waals surface area contributed by atoms with Gasteiger partial charge in [-0.2, -0.15) is 0 Å². The van der Waals surface area contributed by atoms with Gasteiger partial charge < -0.3 is 0 Å². The summed E-state index contributed by atoms with van der Waals surface area (Å²) in [6.07, 6.45) is 0. The number of benzene rings is 8. The highest BCUT2D eigenvalue weighted by atomic mass is 32.1. The molecule has 0 saturated carbocycles. The van der Waals surface area contributed by atoms with Crippen LogP contribution in [0.15, 0.2) is 158 Å². The van der Waals surface area contributed by atoms with Gasteiger partial charge in [0.1, 0.15) is 0 Å². The first kappa shape index (κ1) is 24.4. The fourth-order valence-electron chi connectivity index (χ4n) is 6.88. The van der Waals surface area contributed by atoms with Crippen molar-refractivity contribution >= 4 is 54.4 Å². The van der Waals surface area contributed by atoms with E-state index in [4.69, 9.17) is 0 Å². The molecule has 1 heteroatoms. The van der Waals surface area contributed by atoms with Crippen molar-refractivity contribution < 1.29 is 0 Å². The van der Waals surface area contributed by atoms with Gasteiger partial charge in [0.2, 0.25) is 0 Å². The minimum absolute atomic E-state index is 1.24. The molecular weight excluding hydrogens is 537 g/mol. The van der Waals surface area contributed by atoms with E-state index in [1.807, 2.05) is 11.3 Å². The first-order chi connectivity index (χ1) is 21.3.